The molecule has 1 rings (SSSR count). The zero-order valence-electron chi connectivity index (χ0n) is 17.3. The molecule has 5 nitrogen and oxygen atoms in total. The Labute approximate surface area is 163 Å². The second-order valence-corrected chi connectivity index (χ2v) is 7.16. The Morgan fingerprint density at radius 2 is 1.96 bits per heavy atom. The van der Waals surface area contributed by atoms with Crippen LogP contribution in [0.1, 0.15) is 53.0 Å². The highest BCUT2D eigenvalue weighted by atomic mass is 16.5. The fraction of sp³-hybridized carbons (Fsp3) is 0.455. The van der Waals surface area contributed by atoms with Crippen LogP contribution in [0.15, 0.2) is 46.7 Å². The van der Waals surface area contributed by atoms with Crippen molar-refractivity contribution in [2.24, 2.45) is 10.9 Å². The molecule has 0 spiro atoms. The fourth-order valence-electron chi connectivity index (χ4n) is 2.52. The van der Waals surface area contributed by atoms with Crippen LogP contribution in [-0.2, 0) is 4.79 Å². The summed E-state index contributed by atoms with van der Waals surface area (Å²) in [4.78, 5) is 17.1. The van der Waals surface area contributed by atoms with Gasteiger partial charge in [0.05, 0.1) is 6.61 Å². The minimum Gasteiger partial charge on any atom is -0.493 e. The molecule has 27 heavy (non-hydrogen) atoms. The molecule has 0 aromatic heterocycles. The van der Waals surface area contributed by atoms with Gasteiger partial charge in [0.25, 0.3) is 0 Å². The summed E-state index contributed by atoms with van der Waals surface area (Å²) in [5.41, 5.74) is 2.35. The van der Waals surface area contributed by atoms with Gasteiger partial charge in [-0.2, -0.15) is 0 Å². The maximum atomic E-state index is 11.0. The molecular formula is C22H32N2O3. The molecule has 0 aliphatic heterocycles. The number of aliphatic carboxylic acids is 1. The number of allylic oxidation sites excluding steroid dienone is 2. The molecule has 1 N–H and O–H groups in total. The average Bonchev–Trinajstić information content (AvgIpc) is 2.62. The largest absolute Gasteiger partial charge is 0.493 e. The summed E-state index contributed by atoms with van der Waals surface area (Å²) in [6.07, 6.45) is 3.22. The van der Waals surface area contributed by atoms with Gasteiger partial charge in [0.15, 0.2) is 0 Å². The SMILES string of the molecule is C=N/C(=C\C=C(/C)C(=O)O)N(CC)c1ccc(OCC(C)C)c(C(C)C)c1. The number of carbonyl (C=O) groups is 1. The molecule has 0 saturated carbocycles. The number of ether oxygens (including phenoxy) is 1. The normalized spacial score (nSPS) is 12.4. The molecule has 148 valence electrons. The Kier molecular flexibility index (Phi) is 8.79. The van der Waals surface area contributed by atoms with Crippen molar-refractivity contribution >= 4 is 18.4 Å². The van der Waals surface area contributed by atoms with E-state index in [1.165, 1.54) is 0 Å². The minimum absolute atomic E-state index is 0.243. The highest BCUT2D eigenvalue weighted by molar-refractivity contribution is 5.86. The van der Waals surface area contributed by atoms with E-state index in [0.29, 0.717) is 30.8 Å². The Morgan fingerprint density at radius 1 is 1.30 bits per heavy atom. The highest BCUT2D eigenvalue weighted by Gasteiger charge is 2.15. The molecule has 0 saturated heterocycles. The molecule has 0 atom stereocenters. The number of hydrogen-bond donors (Lipinski definition) is 1. The lowest BCUT2D eigenvalue weighted by atomic mass is 10.0. The van der Waals surface area contributed by atoms with Crippen molar-refractivity contribution in [2.45, 2.75) is 47.5 Å². The molecule has 0 fully saturated rings. The van der Waals surface area contributed by atoms with Crippen molar-refractivity contribution in [3.8, 4) is 5.75 Å². The number of carboxylic acids is 1. The first kappa shape index (κ1) is 22.5. The van der Waals surface area contributed by atoms with E-state index in [1.54, 1.807) is 19.1 Å². The summed E-state index contributed by atoms with van der Waals surface area (Å²) in [5.74, 6) is 1.32. The summed E-state index contributed by atoms with van der Waals surface area (Å²) in [5, 5.41) is 9.03. The molecule has 0 unspecified atom stereocenters. The number of hydrogen-bond acceptors (Lipinski definition) is 4. The lowest BCUT2D eigenvalue weighted by Gasteiger charge is -2.25. The van der Waals surface area contributed by atoms with Crippen LogP contribution in [0.5, 0.6) is 5.75 Å². The topological polar surface area (TPSA) is 62.1 Å². The Bertz CT molecular complexity index is 718. The first-order valence-electron chi connectivity index (χ1n) is 9.34. The van der Waals surface area contributed by atoms with E-state index >= 15 is 0 Å². The van der Waals surface area contributed by atoms with Crippen LogP contribution in [0.3, 0.4) is 0 Å². The number of anilines is 1. The second-order valence-electron chi connectivity index (χ2n) is 7.16. The molecule has 0 aliphatic rings. The van der Waals surface area contributed by atoms with Crippen LogP contribution in [0.4, 0.5) is 5.69 Å². The second kappa shape index (κ2) is 10.6. The Balaban J connectivity index is 3.28. The van der Waals surface area contributed by atoms with E-state index in [9.17, 15) is 4.79 Å². The smallest absolute Gasteiger partial charge is 0.331 e. The molecule has 1 aromatic rings. The minimum atomic E-state index is -0.952. The molecular weight excluding hydrogens is 340 g/mol. The van der Waals surface area contributed by atoms with Gasteiger partial charge >= 0.3 is 5.97 Å². The third-order valence-electron chi connectivity index (χ3n) is 4.07. The van der Waals surface area contributed by atoms with Gasteiger partial charge in [-0.25, -0.2) is 9.79 Å². The van der Waals surface area contributed by atoms with E-state index < -0.39 is 5.97 Å². The van der Waals surface area contributed by atoms with E-state index in [-0.39, 0.29) is 5.57 Å². The van der Waals surface area contributed by atoms with Crippen molar-refractivity contribution in [1.82, 2.24) is 0 Å². The zero-order chi connectivity index (χ0) is 20.6. The summed E-state index contributed by atoms with van der Waals surface area (Å²) < 4.78 is 5.98. The Hall–Kier alpha value is -2.56. The molecule has 0 amide bonds. The summed E-state index contributed by atoms with van der Waals surface area (Å²) >= 11 is 0. The number of nitrogens with zero attached hydrogens (tertiary/aromatic N) is 2. The van der Waals surface area contributed by atoms with Crippen LogP contribution < -0.4 is 9.64 Å². The van der Waals surface area contributed by atoms with E-state index in [4.69, 9.17) is 9.84 Å². The van der Waals surface area contributed by atoms with E-state index in [1.807, 2.05) is 24.0 Å². The van der Waals surface area contributed by atoms with Crippen LogP contribution in [0.25, 0.3) is 0 Å². The van der Waals surface area contributed by atoms with E-state index in [2.05, 4.69) is 45.5 Å². The first-order valence-corrected chi connectivity index (χ1v) is 9.34. The molecule has 0 heterocycles. The number of carboxylic acid groups (broad SMARTS) is 1. The molecule has 0 aliphatic carbocycles. The first-order chi connectivity index (χ1) is 12.7. The lowest BCUT2D eigenvalue weighted by Crippen LogP contribution is -2.21. The van der Waals surface area contributed by atoms with Crippen LogP contribution in [0.2, 0.25) is 0 Å². The quantitative estimate of drug-likeness (QED) is 0.346. The van der Waals surface area contributed by atoms with Gasteiger partial charge in [-0.05, 0) is 68.3 Å². The van der Waals surface area contributed by atoms with Crippen molar-refractivity contribution in [1.29, 1.82) is 0 Å². The van der Waals surface area contributed by atoms with Gasteiger partial charge in [0, 0.05) is 17.8 Å². The van der Waals surface area contributed by atoms with Crippen LogP contribution in [-0.4, -0.2) is 30.9 Å². The summed E-state index contributed by atoms with van der Waals surface area (Å²) in [6.45, 7) is 17.1. The van der Waals surface area contributed by atoms with E-state index in [0.717, 1.165) is 17.0 Å². The molecule has 0 bridgehead atoms. The standard InChI is InChI=1S/C22H32N2O3/c1-8-24(21(23-7)12-9-17(6)22(25)26)18-10-11-20(27-14-15(2)3)19(13-18)16(4)5/h9-13,15-16H,7-8,14H2,1-6H3,(H,25,26)/b17-9+,21-12+. The van der Waals surface area contributed by atoms with Gasteiger partial charge < -0.3 is 14.7 Å². The summed E-state index contributed by atoms with van der Waals surface area (Å²) in [7, 11) is 0. The number of aliphatic imine (C=N–C) groups is 1. The monoisotopic (exact) mass is 372 g/mol. The third-order valence-corrected chi connectivity index (χ3v) is 4.07. The third kappa shape index (κ3) is 6.59. The predicted molar refractivity (Wildman–Crippen MR) is 113 cm³/mol. The van der Waals surface area contributed by atoms with Crippen molar-refractivity contribution in [3.63, 3.8) is 0 Å². The van der Waals surface area contributed by atoms with Gasteiger partial charge in [-0.15, -0.1) is 0 Å². The van der Waals surface area contributed by atoms with Gasteiger partial charge in [0.2, 0.25) is 0 Å². The Morgan fingerprint density at radius 3 is 2.44 bits per heavy atom. The van der Waals surface area contributed by atoms with Crippen molar-refractivity contribution in [2.75, 3.05) is 18.1 Å². The predicted octanol–water partition coefficient (Wildman–Crippen LogP) is 5.24. The van der Waals surface area contributed by atoms with Crippen molar-refractivity contribution < 1.29 is 14.6 Å². The van der Waals surface area contributed by atoms with Gasteiger partial charge in [-0.3, -0.25) is 0 Å². The number of rotatable bonds is 10. The lowest BCUT2D eigenvalue weighted by molar-refractivity contribution is -0.132. The summed E-state index contributed by atoms with van der Waals surface area (Å²) in [6, 6.07) is 6.10. The van der Waals surface area contributed by atoms with Crippen molar-refractivity contribution in [3.05, 3.63) is 47.3 Å². The average molecular weight is 373 g/mol. The van der Waals surface area contributed by atoms with Crippen LogP contribution in [0, 0.1) is 5.92 Å². The molecule has 5 heteroatoms. The molecule has 1 aromatic carbocycles. The fourth-order valence-corrected chi connectivity index (χ4v) is 2.52. The maximum absolute atomic E-state index is 11.0. The zero-order valence-corrected chi connectivity index (χ0v) is 17.3. The number of benzene rings is 1. The van der Waals surface area contributed by atoms with Gasteiger partial charge in [-0.1, -0.05) is 27.7 Å². The van der Waals surface area contributed by atoms with Gasteiger partial charge in [0.1, 0.15) is 11.6 Å². The highest BCUT2D eigenvalue weighted by Crippen LogP contribution is 2.32. The molecule has 0 radical (unpaired) electrons. The van der Waals surface area contributed by atoms with Crippen LogP contribution >= 0.6 is 0 Å². The maximum Gasteiger partial charge on any atom is 0.331 e.